The van der Waals surface area contributed by atoms with Crippen LogP contribution >= 0.6 is 0 Å². The third-order valence-electron chi connectivity index (χ3n) is 13.4. The van der Waals surface area contributed by atoms with Crippen molar-refractivity contribution in [3.63, 3.8) is 0 Å². The van der Waals surface area contributed by atoms with Crippen LogP contribution in [0.4, 0.5) is 5.82 Å². The van der Waals surface area contributed by atoms with Crippen molar-refractivity contribution in [1.82, 2.24) is 39.2 Å². The number of pyridine rings is 1. The van der Waals surface area contributed by atoms with Crippen LogP contribution in [0.3, 0.4) is 0 Å². The lowest BCUT2D eigenvalue weighted by Crippen LogP contribution is -2.75. The van der Waals surface area contributed by atoms with Gasteiger partial charge in [0.15, 0.2) is 5.78 Å². The predicted octanol–water partition coefficient (Wildman–Crippen LogP) is 4.13. The summed E-state index contributed by atoms with van der Waals surface area (Å²) in [5.74, 6) is 0.369. The number of aromatic hydroxyl groups is 1. The van der Waals surface area contributed by atoms with Gasteiger partial charge >= 0.3 is 0 Å². The summed E-state index contributed by atoms with van der Waals surface area (Å²) in [7, 11) is 4.09. The van der Waals surface area contributed by atoms with Crippen LogP contribution < -0.4 is 4.90 Å². The second-order valence-electron chi connectivity index (χ2n) is 17.7. The summed E-state index contributed by atoms with van der Waals surface area (Å²) in [6.45, 7) is 10.7. The Bertz CT molecular complexity index is 2510. The highest BCUT2D eigenvalue weighted by molar-refractivity contribution is 6.09. The first-order valence-corrected chi connectivity index (χ1v) is 22.4. The zero-order valence-corrected chi connectivity index (χ0v) is 36.8. The molecule has 3 aromatic carbocycles. The van der Waals surface area contributed by atoms with E-state index in [1.54, 1.807) is 50.2 Å². The number of piperazine rings is 2. The van der Waals surface area contributed by atoms with Gasteiger partial charge in [-0.25, -0.2) is 15.0 Å². The Balaban J connectivity index is 0.953. The summed E-state index contributed by atoms with van der Waals surface area (Å²) in [6.07, 6.45) is 5.72. The molecule has 9 rings (SSSR count). The number of anilines is 1. The van der Waals surface area contributed by atoms with Gasteiger partial charge in [0.1, 0.15) is 23.8 Å². The number of hydrogen-bond acceptors (Lipinski definition) is 10. The number of aromatic nitrogens is 2. The van der Waals surface area contributed by atoms with E-state index in [0.717, 1.165) is 78.2 Å². The molecular formula is C50H57N9O5. The Hall–Kier alpha value is -6.35. The normalized spacial score (nSPS) is 20.2. The molecular weight excluding hydrogens is 807 g/mol. The number of rotatable bonds is 14. The van der Waals surface area contributed by atoms with Gasteiger partial charge in [-0.05, 0) is 53.9 Å². The number of phenols is 1. The van der Waals surface area contributed by atoms with Crippen molar-refractivity contribution in [1.29, 1.82) is 0 Å². The van der Waals surface area contributed by atoms with Gasteiger partial charge in [-0.3, -0.25) is 24.1 Å². The number of aryl methyl sites for hydroxylation is 2. The number of likely N-dealkylation sites (N-methyl/N-ethyl adjacent to an activating group) is 1. The summed E-state index contributed by atoms with van der Waals surface area (Å²) >= 11 is 0. The van der Waals surface area contributed by atoms with E-state index in [9.17, 15) is 24.3 Å². The molecule has 0 radical (unpaired) electrons. The molecule has 0 bridgehead atoms. The minimum absolute atomic E-state index is 0.0253. The van der Waals surface area contributed by atoms with Crippen molar-refractivity contribution in [3.8, 4) is 5.75 Å². The van der Waals surface area contributed by atoms with Crippen molar-refractivity contribution in [2.24, 2.45) is 7.05 Å². The van der Waals surface area contributed by atoms with Gasteiger partial charge < -0.3 is 29.3 Å². The molecule has 2 aromatic heterocycles. The van der Waals surface area contributed by atoms with Crippen molar-refractivity contribution < 1.29 is 24.3 Å². The van der Waals surface area contributed by atoms with Gasteiger partial charge in [-0.2, -0.15) is 0 Å². The van der Waals surface area contributed by atoms with Crippen LogP contribution in [0.5, 0.6) is 5.75 Å². The minimum Gasteiger partial charge on any atom is -0.508 e. The molecule has 332 valence electrons. The van der Waals surface area contributed by atoms with Gasteiger partial charge in [0, 0.05) is 108 Å². The molecule has 3 amide bonds. The number of carbonyl (C=O) groups excluding carboxylic acids is 4. The third kappa shape index (κ3) is 8.77. The van der Waals surface area contributed by atoms with Gasteiger partial charge in [0.25, 0.3) is 0 Å². The highest BCUT2D eigenvalue weighted by atomic mass is 16.3. The molecule has 4 aliphatic rings. The van der Waals surface area contributed by atoms with Gasteiger partial charge in [0.2, 0.25) is 17.7 Å². The lowest BCUT2D eigenvalue weighted by atomic mass is 9.97. The van der Waals surface area contributed by atoms with E-state index in [2.05, 4.69) is 28.3 Å². The summed E-state index contributed by atoms with van der Waals surface area (Å²) in [5, 5.41) is 14.2. The number of ketones is 1. The van der Waals surface area contributed by atoms with E-state index in [1.165, 1.54) is 0 Å². The van der Waals surface area contributed by atoms with Crippen LogP contribution in [0.25, 0.3) is 10.9 Å². The maximum Gasteiger partial charge on any atom is 0.246 e. The summed E-state index contributed by atoms with van der Waals surface area (Å²) < 4.78 is 1.95. The van der Waals surface area contributed by atoms with Gasteiger partial charge in [-0.1, -0.05) is 72.8 Å². The lowest BCUT2D eigenvalue weighted by molar-refractivity contribution is -0.205. The van der Waals surface area contributed by atoms with E-state index in [1.807, 2.05) is 84.7 Å². The van der Waals surface area contributed by atoms with E-state index >= 15 is 0 Å². The molecule has 64 heavy (non-hydrogen) atoms. The molecule has 0 unspecified atom stereocenters. The molecule has 4 saturated heterocycles. The fourth-order valence-electron chi connectivity index (χ4n) is 9.93. The minimum atomic E-state index is -0.907. The third-order valence-corrected chi connectivity index (χ3v) is 13.4. The number of para-hydroxylation sites is 1. The number of fused-ring (bicyclic) bond motifs is 2. The smallest absolute Gasteiger partial charge is 0.246 e. The number of phenolic OH excluding ortho intramolecular Hbond substituents is 1. The van der Waals surface area contributed by atoms with Gasteiger partial charge in [0.05, 0.1) is 18.6 Å². The first-order valence-electron chi connectivity index (χ1n) is 22.4. The number of hydrogen-bond donors (Lipinski definition) is 1. The molecule has 4 aliphatic heterocycles. The largest absolute Gasteiger partial charge is 0.508 e. The maximum absolute atomic E-state index is 14.8. The fraction of sp³-hybridized carbons (Fsp3) is 0.380. The zero-order valence-electron chi connectivity index (χ0n) is 36.8. The second-order valence-corrected chi connectivity index (χ2v) is 17.7. The number of amides is 3. The Kier molecular flexibility index (Phi) is 12.3. The Morgan fingerprint density at radius 2 is 1.61 bits per heavy atom. The van der Waals surface area contributed by atoms with Crippen LogP contribution in [-0.2, 0) is 47.2 Å². The summed E-state index contributed by atoms with van der Waals surface area (Å²) in [4.78, 5) is 72.7. The Morgan fingerprint density at radius 1 is 0.859 bits per heavy atom. The first kappa shape index (κ1) is 42.9. The molecule has 5 aromatic rings. The molecule has 2 atom stereocenters. The molecule has 4 fully saturated rings. The molecule has 0 saturated carbocycles. The van der Waals surface area contributed by atoms with Crippen molar-refractivity contribution in [3.05, 3.63) is 138 Å². The maximum atomic E-state index is 14.8. The predicted molar refractivity (Wildman–Crippen MR) is 245 cm³/mol. The van der Waals surface area contributed by atoms with Crippen LogP contribution in [0.1, 0.15) is 39.0 Å². The molecule has 0 spiro atoms. The highest BCUT2D eigenvalue weighted by Gasteiger charge is 2.51. The van der Waals surface area contributed by atoms with E-state index in [-0.39, 0.29) is 74.7 Å². The van der Waals surface area contributed by atoms with E-state index in [0.29, 0.717) is 18.0 Å². The number of hydrazine groups is 1. The molecule has 1 N–H and O–H groups in total. The summed E-state index contributed by atoms with van der Waals surface area (Å²) in [5.41, 5.74) is 4.91. The number of nitrogens with zero attached hydrogens (tertiary/aromatic N) is 9. The monoisotopic (exact) mass is 863 g/mol. The summed E-state index contributed by atoms with van der Waals surface area (Å²) in [6, 6.07) is 26.0. The molecule has 6 heterocycles. The molecule has 14 heteroatoms. The van der Waals surface area contributed by atoms with Crippen LogP contribution in [0.15, 0.2) is 110 Å². The van der Waals surface area contributed by atoms with Crippen molar-refractivity contribution in [2.45, 2.75) is 50.5 Å². The average molecular weight is 864 g/mol. The number of Topliss-reactive ketones (excluding diaryl/α,β-unsaturated/α-hetero) is 1. The van der Waals surface area contributed by atoms with E-state index < -0.39 is 12.2 Å². The number of carbonyl (C=O) groups is 4. The quantitative estimate of drug-likeness (QED) is 0.129. The SMILES string of the molecule is C=CCN1CC(=O)N2[C@@H](Cc3ccc(O)cc3)C(=O)N(Cc3cccc4c(C(=O)Cc5ccc(N6CC(N7CCN(C)CC7)C6)nc5)cn(C)c34)C[C@@H]2N1C(=O)CCc1ccccc1. The van der Waals surface area contributed by atoms with Gasteiger partial charge in [-0.15, -0.1) is 6.58 Å². The van der Waals surface area contributed by atoms with Crippen molar-refractivity contribution in [2.75, 3.05) is 70.9 Å². The second kappa shape index (κ2) is 18.4. The standard InChI is InChI=1S/C50H57N9O5/c1-4-21-57-34-48(63)58-43(26-36-13-17-40(60)18-14-36)50(64)56(33-46(58)59(57)47(62)20-16-35-9-6-5-7-10-35)29-38-11-8-12-41-42(32-53(3)49(38)41)44(61)27-37-15-19-45(51-28-37)55-30-39(31-55)54-24-22-52(2)23-25-54/h4-15,17-19,28,32,39,43,46,60H,1,16,20-27,29-31,33-34H2,2-3H3/t43-,46-/m0/s1. The molecule has 0 aliphatic carbocycles. The average Bonchev–Trinajstić information content (AvgIpc) is 3.63. The first-order chi connectivity index (χ1) is 31.0. The van der Waals surface area contributed by atoms with Crippen LogP contribution in [0, 0.1) is 0 Å². The topological polar surface area (TPSA) is 129 Å². The fourth-order valence-corrected chi connectivity index (χ4v) is 9.93. The lowest BCUT2D eigenvalue weighted by Gasteiger charge is -2.55. The molecule has 14 nitrogen and oxygen atoms in total. The van der Waals surface area contributed by atoms with Crippen LogP contribution in [-0.4, -0.2) is 152 Å². The van der Waals surface area contributed by atoms with E-state index in [4.69, 9.17) is 4.98 Å². The highest BCUT2D eigenvalue weighted by Crippen LogP contribution is 2.33. The van der Waals surface area contributed by atoms with Crippen molar-refractivity contribution >= 4 is 40.2 Å². The number of benzene rings is 3. The Morgan fingerprint density at radius 3 is 2.33 bits per heavy atom. The zero-order chi connectivity index (χ0) is 44.5. The Labute approximate surface area is 374 Å². The van der Waals surface area contributed by atoms with Crippen LogP contribution in [0.2, 0.25) is 0 Å².